The van der Waals surface area contributed by atoms with Crippen molar-refractivity contribution in [3.8, 4) is 0 Å². The first-order chi connectivity index (χ1) is 7.18. The van der Waals surface area contributed by atoms with E-state index < -0.39 is 5.54 Å². The van der Waals surface area contributed by atoms with Crippen LogP contribution in [0.3, 0.4) is 0 Å². The zero-order valence-corrected chi connectivity index (χ0v) is 9.12. The lowest BCUT2D eigenvalue weighted by molar-refractivity contribution is -0.124. The number of fused-ring (bicyclic) bond motifs is 1. The summed E-state index contributed by atoms with van der Waals surface area (Å²) in [5.74, 6) is 0.190. The van der Waals surface area contributed by atoms with E-state index in [1.165, 1.54) is 5.56 Å². The number of rotatable bonds is 3. The first-order valence-electron chi connectivity index (χ1n) is 5.59. The molecule has 0 saturated carbocycles. The van der Waals surface area contributed by atoms with Gasteiger partial charge in [-0.05, 0) is 30.4 Å². The Hall–Kier alpha value is -1.15. The lowest BCUT2D eigenvalue weighted by Gasteiger charge is -2.23. The van der Waals surface area contributed by atoms with Crippen molar-refractivity contribution < 1.29 is 4.79 Å². The molecule has 0 aliphatic heterocycles. The van der Waals surface area contributed by atoms with Crippen molar-refractivity contribution in [2.75, 3.05) is 0 Å². The topological polar surface area (TPSA) is 43.1 Å². The second-order valence-corrected chi connectivity index (χ2v) is 4.30. The van der Waals surface area contributed by atoms with Crippen LogP contribution >= 0.6 is 0 Å². The fourth-order valence-corrected chi connectivity index (χ4v) is 2.38. The molecule has 2 rings (SSSR count). The van der Waals surface area contributed by atoms with Gasteiger partial charge >= 0.3 is 0 Å². The number of hydrogen-bond donors (Lipinski definition) is 1. The minimum atomic E-state index is -0.702. The monoisotopic (exact) mass is 203 g/mol. The Morgan fingerprint density at radius 1 is 1.47 bits per heavy atom. The first-order valence-corrected chi connectivity index (χ1v) is 5.59. The molecule has 1 unspecified atom stereocenters. The molecule has 1 aliphatic carbocycles. The second-order valence-electron chi connectivity index (χ2n) is 4.30. The molecule has 1 atom stereocenters. The highest BCUT2D eigenvalue weighted by atomic mass is 16.1. The van der Waals surface area contributed by atoms with E-state index in [9.17, 15) is 4.79 Å². The molecule has 2 nitrogen and oxygen atoms in total. The minimum Gasteiger partial charge on any atom is -0.315 e. The molecule has 0 radical (unpaired) electrons. The van der Waals surface area contributed by atoms with Gasteiger partial charge in [0.15, 0.2) is 5.78 Å². The number of carbonyl (C=O) groups is 1. The molecule has 1 aromatic carbocycles. The van der Waals surface area contributed by atoms with Gasteiger partial charge in [0.05, 0.1) is 0 Å². The van der Waals surface area contributed by atoms with E-state index in [0.717, 1.165) is 24.8 Å². The van der Waals surface area contributed by atoms with Gasteiger partial charge in [-0.3, -0.25) is 4.79 Å². The van der Waals surface area contributed by atoms with Gasteiger partial charge in [0.2, 0.25) is 0 Å². The average Bonchev–Trinajstić information content (AvgIpc) is 2.59. The Morgan fingerprint density at radius 2 is 2.20 bits per heavy atom. The van der Waals surface area contributed by atoms with Crippen LogP contribution in [-0.2, 0) is 16.8 Å². The summed E-state index contributed by atoms with van der Waals surface area (Å²) in [5, 5.41) is 0. The summed E-state index contributed by atoms with van der Waals surface area (Å²) in [5.41, 5.74) is 7.83. The molecule has 0 amide bonds. The number of ketones is 1. The Labute approximate surface area is 90.5 Å². The highest BCUT2D eigenvalue weighted by molar-refractivity contribution is 5.90. The Bertz CT molecular complexity index is 386. The summed E-state index contributed by atoms with van der Waals surface area (Å²) in [6.45, 7) is 2.02. The summed E-state index contributed by atoms with van der Waals surface area (Å²) in [4.78, 5) is 12.0. The number of Topliss-reactive ketones (excluding diaryl/α,β-unsaturated/α-hetero) is 1. The summed E-state index contributed by atoms with van der Waals surface area (Å²) >= 11 is 0. The third-order valence-electron chi connectivity index (χ3n) is 3.26. The van der Waals surface area contributed by atoms with Crippen LogP contribution in [0.4, 0.5) is 0 Å². The maximum Gasteiger partial charge on any atom is 0.157 e. The van der Waals surface area contributed by atoms with Crippen LogP contribution in [-0.4, -0.2) is 5.78 Å². The third kappa shape index (κ3) is 1.59. The second kappa shape index (κ2) is 3.78. The fraction of sp³-hybridized carbons (Fsp3) is 0.462. The van der Waals surface area contributed by atoms with Crippen LogP contribution in [0.15, 0.2) is 24.3 Å². The molecule has 80 valence electrons. The molecule has 2 N–H and O–H groups in total. The molecular weight excluding hydrogens is 186 g/mol. The lowest BCUT2D eigenvalue weighted by atomic mass is 9.86. The summed E-state index contributed by atoms with van der Waals surface area (Å²) in [7, 11) is 0. The maximum absolute atomic E-state index is 12.0. The molecule has 0 spiro atoms. The summed E-state index contributed by atoms with van der Waals surface area (Å²) < 4.78 is 0. The van der Waals surface area contributed by atoms with E-state index in [4.69, 9.17) is 5.73 Å². The molecule has 0 fully saturated rings. The molecule has 1 aliphatic rings. The van der Waals surface area contributed by atoms with Crippen LogP contribution in [0.2, 0.25) is 0 Å². The van der Waals surface area contributed by atoms with Crippen molar-refractivity contribution in [3.63, 3.8) is 0 Å². The number of carbonyl (C=O) groups excluding carboxylic acids is 1. The Morgan fingerprint density at radius 3 is 2.93 bits per heavy atom. The van der Waals surface area contributed by atoms with Crippen LogP contribution in [0.5, 0.6) is 0 Å². The van der Waals surface area contributed by atoms with Crippen LogP contribution in [0.25, 0.3) is 0 Å². The van der Waals surface area contributed by atoms with E-state index in [1.807, 2.05) is 25.1 Å². The van der Waals surface area contributed by atoms with Crippen LogP contribution < -0.4 is 5.73 Å². The average molecular weight is 203 g/mol. The van der Waals surface area contributed by atoms with Crippen LogP contribution in [0.1, 0.15) is 37.3 Å². The Balaban J connectivity index is 2.36. The molecule has 1 aromatic rings. The predicted molar refractivity (Wildman–Crippen MR) is 60.5 cm³/mol. The highest BCUT2D eigenvalue weighted by Gasteiger charge is 2.40. The predicted octanol–water partition coefficient (Wildman–Crippen LogP) is 2.16. The van der Waals surface area contributed by atoms with Crippen molar-refractivity contribution in [1.82, 2.24) is 0 Å². The molecule has 0 heterocycles. The lowest BCUT2D eigenvalue weighted by Crippen LogP contribution is -2.42. The molecular formula is C13H17NO. The summed E-state index contributed by atoms with van der Waals surface area (Å²) in [6, 6.07) is 8.04. The van der Waals surface area contributed by atoms with Crippen molar-refractivity contribution in [2.24, 2.45) is 5.73 Å². The van der Waals surface area contributed by atoms with Crippen molar-refractivity contribution >= 4 is 5.78 Å². The molecule has 2 heteroatoms. The van der Waals surface area contributed by atoms with Crippen LogP contribution in [0, 0.1) is 0 Å². The van der Waals surface area contributed by atoms with E-state index in [1.54, 1.807) is 0 Å². The quantitative estimate of drug-likeness (QED) is 0.818. The van der Waals surface area contributed by atoms with Crippen molar-refractivity contribution in [2.45, 2.75) is 38.1 Å². The summed E-state index contributed by atoms with van der Waals surface area (Å²) in [6.07, 6.45) is 3.16. The van der Waals surface area contributed by atoms with Gasteiger partial charge in [0.25, 0.3) is 0 Å². The number of nitrogens with two attached hydrogens (primary N) is 1. The van der Waals surface area contributed by atoms with Gasteiger partial charge in [0.1, 0.15) is 5.54 Å². The van der Waals surface area contributed by atoms with Gasteiger partial charge in [0, 0.05) is 6.42 Å². The van der Waals surface area contributed by atoms with Gasteiger partial charge in [-0.2, -0.15) is 0 Å². The van der Waals surface area contributed by atoms with E-state index in [2.05, 4.69) is 6.07 Å². The van der Waals surface area contributed by atoms with E-state index >= 15 is 0 Å². The van der Waals surface area contributed by atoms with Gasteiger partial charge in [-0.25, -0.2) is 0 Å². The minimum absolute atomic E-state index is 0.190. The number of benzene rings is 1. The molecule has 0 saturated heterocycles. The molecule has 0 aromatic heterocycles. The smallest absolute Gasteiger partial charge is 0.157 e. The third-order valence-corrected chi connectivity index (χ3v) is 3.26. The van der Waals surface area contributed by atoms with E-state index in [0.29, 0.717) is 6.42 Å². The fourth-order valence-electron chi connectivity index (χ4n) is 2.38. The molecule has 0 bridgehead atoms. The number of hydrogen-bond acceptors (Lipinski definition) is 2. The van der Waals surface area contributed by atoms with E-state index in [-0.39, 0.29) is 5.78 Å². The largest absolute Gasteiger partial charge is 0.315 e. The molecule has 15 heavy (non-hydrogen) atoms. The van der Waals surface area contributed by atoms with Crippen molar-refractivity contribution in [3.05, 3.63) is 35.4 Å². The standard InChI is InChI=1S/C13H17NO/c1-2-5-12(15)13(14)9-8-10-6-3-4-7-11(10)13/h3-4,6-7H,2,5,8-9,14H2,1H3. The SMILES string of the molecule is CCCC(=O)C1(N)CCc2ccccc21. The zero-order chi connectivity index (χ0) is 10.9. The normalized spacial score (nSPS) is 23.9. The zero-order valence-electron chi connectivity index (χ0n) is 9.12. The first kappa shape index (κ1) is 10.4. The Kier molecular flexibility index (Phi) is 2.61. The maximum atomic E-state index is 12.0. The number of aryl methyl sites for hydroxylation is 1. The van der Waals surface area contributed by atoms with Gasteiger partial charge in [-0.1, -0.05) is 31.2 Å². The van der Waals surface area contributed by atoms with Gasteiger partial charge < -0.3 is 5.73 Å². The van der Waals surface area contributed by atoms with Crippen molar-refractivity contribution in [1.29, 1.82) is 0 Å². The highest BCUT2D eigenvalue weighted by Crippen LogP contribution is 2.36. The van der Waals surface area contributed by atoms with Gasteiger partial charge in [-0.15, -0.1) is 0 Å².